The van der Waals surface area contributed by atoms with E-state index in [9.17, 15) is 9.59 Å². The summed E-state index contributed by atoms with van der Waals surface area (Å²) in [5, 5.41) is 8.57. The normalized spacial score (nSPS) is 11.4. The molecule has 0 spiro atoms. The van der Waals surface area contributed by atoms with Gasteiger partial charge in [-0.15, -0.1) is 0 Å². The van der Waals surface area contributed by atoms with Gasteiger partial charge in [-0.05, 0) is 23.8 Å². The van der Waals surface area contributed by atoms with E-state index in [1.165, 1.54) is 19.3 Å². The van der Waals surface area contributed by atoms with Gasteiger partial charge in [0.1, 0.15) is 6.07 Å². The third-order valence-electron chi connectivity index (χ3n) is 3.49. The summed E-state index contributed by atoms with van der Waals surface area (Å²) in [6, 6.07) is 15.3. The Morgan fingerprint density at radius 1 is 1.19 bits per heavy atom. The van der Waals surface area contributed by atoms with Crippen LogP contribution in [0, 0.1) is 11.3 Å². The number of amides is 1. The number of nitriles is 1. The highest BCUT2D eigenvalue weighted by Crippen LogP contribution is 2.28. The Morgan fingerprint density at radius 3 is 2.56 bits per heavy atom. The van der Waals surface area contributed by atoms with E-state index in [1.54, 1.807) is 48.5 Å². The van der Waals surface area contributed by atoms with E-state index in [2.05, 4.69) is 0 Å². The Morgan fingerprint density at radius 2 is 1.93 bits per heavy atom. The van der Waals surface area contributed by atoms with Crippen LogP contribution in [-0.2, 0) is 14.3 Å². The quantitative estimate of drug-likeness (QED) is 0.567. The maximum atomic E-state index is 12.1. The van der Waals surface area contributed by atoms with Crippen molar-refractivity contribution in [2.75, 3.05) is 13.7 Å². The first kappa shape index (κ1) is 19.5. The highest BCUT2D eigenvalue weighted by atomic mass is 16.5. The summed E-state index contributed by atoms with van der Waals surface area (Å²) in [5.41, 5.74) is 6.46. The van der Waals surface area contributed by atoms with Crippen molar-refractivity contribution in [2.24, 2.45) is 5.73 Å². The molecule has 0 aliphatic heterocycles. The summed E-state index contributed by atoms with van der Waals surface area (Å²) in [4.78, 5) is 23.6. The van der Waals surface area contributed by atoms with Crippen molar-refractivity contribution in [3.05, 3.63) is 65.7 Å². The second kappa shape index (κ2) is 9.63. The van der Waals surface area contributed by atoms with E-state index >= 15 is 0 Å². The molecule has 0 radical (unpaired) electrons. The molecule has 0 aliphatic carbocycles. The van der Waals surface area contributed by atoms with Crippen LogP contribution < -0.4 is 15.2 Å². The smallest absolute Gasteiger partial charge is 0.331 e. The summed E-state index contributed by atoms with van der Waals surface area (Å²) < 4.78 is 15.6. The van der Waals surface area contributed by atoms with Crippen LogP contribution in [0.5, 0.6) is 11.5 Å². The Bertz CT molecular complexity index is 872. The molecule has 1 amide bonds. The SMILES string of the molecule is COc1cc(/C=C/C(=O)O[C@H](C(N)=O)c2ccccc2)ccc1OCC#N. The maximum Gasteiger partial charge on any atom is 0.331 e. The number of carbonyl (C=O) groups excluding carboxylic acids is 2. The van der Waals surface area contributed by atoms with Gasteiger partial charge in [-0.2, -0.15) is 5.26 Å². The van der Waals surface area contributed by atoms with Crippen molar-refractivity contribution in [1.29, 1.82) is 5.26 Å². The molecule has 138 valence electrons. The van der Waals surface area contributed by atoms with Gasteiger partial charge in [0.2, 0.25) is 6.10 Å². The standard InChI is InChI=1S/C20H18N2O5/c1-25-17-13-14(7-9-16(17)26-12-11-21)8-10-18(23)27-19(20(22)24)15-5-3-2-4-6-15/h2-10,13,19H,12H2,1H3,(H2,22,24)/b10-8+/t19-/m0/s1. The van der Waals surface area contributed by atoms with Crippen LogP contribution in [0.25, 0.3) is 6.08 Å². The number of carbonyl (C=O) groups is 2. The molecule has 7 heteroatoms. The first-order valence-electron chi connectivity index (χ1n) is 7.96. The van der Waals surface area contributed by atoms with Crippen LogP contribution in [0.3, 0.4) is 0 Å². The van der Waals surface area contributed by atoms with Crippen molar-refractivity contribution in [1.82, 2.24) is 0 Å². The van der Waals surface area contributed by atoms with Gasteiger partial charge in [0.05, 0.1) is 7.11 Å². The Hall–Kier alpha value is -3.79. The van der Waals surface area contributed by atoms with Gasteiger partial charge in [-0.3, -0.25) is 4.79 Å². The predicted octanol–water partition coefficient (Wildman–Crippen LogP) is 2.38. The van der Waals surface area contributed by atoms with E-state index in [4.69, 9.17) is 25.2 Å². The number of primary amides is 1. The zero-order valence-electron chi connectivity index (χ0n) is 14.6. The maximum absolute atomic E-state index is 12.1. The molecule has 0 bridgehead atoms. The highest BCUT2D eigenvalue weighted by Gasteiger charge is 2.21. The molecule has 0 aromatic heterocycles. The van der Waals surface area contributed by atoms with E-state index in [1.807, 2.05) is 6.07 Å². The molecule has 0 saturated carbocycles. The molecule has 0 heterocycles. The number of rotatable bonds is 8. The summed E-state index contributed by atoms with van der Waals surface area (Å²) in [6.45, 7) is -0.105. The fourth-order valence-electron chi connectivity index (χ4n) is 2.26. The summed E-state index contributed by atoms with van der Waals surface area (Å²) in [6.07, 6.45) is 1.52. The molecule has 2 aromatic carbocycles. The average molecular weight is 366 g/mol. The highest BCUT2D eigenvalue weighted by molar-refractivity contribution is 5.90. The van der Waals surface area contributed by atoms with Crippen LogP contribution in [0.1, 0.15) is 17.2 Å². The number of ether oxygens (including phenoxy) is 3. The number of hydrogen-bond donors (Lipinski definition) is 1. The van der Waals surface area contributed by atoms with Crippen LogP contribution in [-0.4, -0.2) is 25.6 Å². The summed E-state index contributed by atoms with van der Waals surface area (Å²) in [7, 11) is 1.47. The molecule has 0 fully saturated rings. The zero-order valence-corrected chi connectivity index (χ0v) is 14.6. The van der Waals surface area contributed by atoms with Gasteiger partial charge in [0.15, 0.2) is 18.1 Å². The van der Waals surface area contributed by atoms with Gasteiger partial charge < -0.3 is 19.9 Å². The van der Waals surface area contributed by atoms with Gasteiger partial charge in [-0.25, -0.2) is 4.79 Å². The molecule has 7 nitrogen and oxygen atoms in total. The van der Waals surface area contributed by atoms with Gasteiger partial charge in [0, 0.05) is 11.6 Å². The lowest BCUT2D eigenvalue weighted by molar-refractivity contribution is -0.150. The molecule has 2 rings (SSSR count). The largest absolute Gasteiger partial charge is 0.493 e. The van der Waals surface area contributed by atoms with Crippen molar-refractivity contribution in [3.63, 3.8) is 0 Å². The van der Waals surface area contributed by atoms with Gasteiger partial charge in [-0.1, -0.05) is 36.4 Å². The number of esters is 1. The van der Waals surface area contributed by atoms with E-state index < -0.39 is 18.0 Å². The first-order valence-corrected chi connectivity index (χ1v) is 7.96. The van der Waals surface area contributed by atoms with Crippen LogP contribution in [0.2, 0.25) is 0 Å². The minimum absolute atomic E-state index is 0.105. The molecular formula is C20H18N2O5. The Balaban J connectivity index is 2.09. The summed E-state index contributed by atoms with van der Waals surface area (Å²) in [5.74, 6) is -0.647. The van der Waals surface area contributed by atoms with Crippen molar-refractivity contribution in [3.8, 4) is 17.6 Å². The number of nitrogens with zero attached hydrogens (tertiary/aromatic N) is 1. The Labute approximate surface area is 156 Å². The van der Waals surface area contributed by atoms with Gasteiger partial charge >= 0.3 is 5.97 Å². The molecule has 27 heavy (non-hydrogen) atoms. The van der Waals surface area contributed by atoms with E-state index in [0.717, 1.165) is 0 Å². The molecule has 2 N–H and O–H groups in total. The van der Waals surface area contributed by atoms with Crippen LogP contribution in [0.4, 0.5) is 0 Å². The van der Waals surface area contributed by atoms with Crippen LogP contribution in [0.15, 0.2) is 54.6 Å². The number of methoxy groups -OCH3 is 1. The van der Waals surface area contributed by atoms with E-state index in [0.29, 0.717) is 22.6 Å². The molecular weight excluding hydrogens is 348 g/mol. The lowest BCUT2D eigenvalue weighted by atomic mass is 10.1. The second-order valence-electron chi connectivity index (χ2n) is 5.32. The third kappa shape index (κ3) is 5.61. The average Bonchev–Trinajstić information content (AvgIpc) is 2.69. The topological polar surface area (TPSA) is 112 Å². The van der Waals surface area contributed by atoms with Crippen molar-refractivity contribution >= 4 is 18.0 Å². The summed E-state index contributed by atoms with van der Waals surface area (Å²) >= 11 is 0. The number of benzene rings is 2. The molecule has 0 saturated heterocycles. The molecule has 0 unspecified atom stereocenters. The fraction of sp³-hybridized carbons (Fsp3) is 0.150. The lowest BCUT2D eigenvalue weighted by Gasteiger charge is -2.13. The Kier molecular flexibility index (Phi) is 6.97. The van der Waals surface area contributed by atoms with Crippen molar-refractivity contribution < 1.29 is 23.8 Å². The minimum atomic E-state index is -1.17. The van der Waals surface area contributed by atoms with E-state index in [-0.39, 0.29) is 6.61 Å². The number of hydrogen-bond acceptors (Lipinski definition) is 6. The third-order valence-corrected chi connectivity index (χ3v) is 3.49. The lowest BCUT2D eigenvalue weighted by Crippen LogP contribution is -2.25. The molecule has 1 atom stereocenters. The monoisotopic (exact) mass is 366 g/mol. The second-order valence-corrected chi connectivity index (χ2v) is 5.32. The fourth-order valence-corrected chi connectivity index (χ4v) is 2.26. The van der Waals surface area contributed by atoms with Crippen molar-refractivity contribution in [2.45, 2.75) is 6.10 Å². The number of nitrogens with two attached hydrogens (primary N) is 1. The van der Waals surface area contributed by atoms with Crippen LogP contribution >= 0.6 is 0 Å². The van der Waals surface area contributed by atoms with Gasteiger partial charge in [0.25, 0.3) is 5.91 Å². The predicted molar refractivity (Wildman–Crippen MR) is 97.6 cm³/mol. The first-order chi connectivity index (χ1) is 13.0. The minimum Gasteiger partial charge on any atom is -0.493 e. The zero-order chi connectivity index (χ0) is 19.6. The molecule has 0 aliphatic rings. The molecule has 2 aromatic rings.